The van der Waals surface area contributed by atoms with Gasteiger partial charge in [0, 0.05) is 19.6 Å². The molecule has 146 valence electrons. The van der Waals surface area contributed by atoms with Gasteiger partial charge < -0.3 is 20.1 Å². The van der Waals surface area contributed by atoms with E-state index in [-0.39, 0.29) is 18.3 Å². The van der Waals surface area contributed by atoms with E-state index in [0.717, 1.165) is 24.2 Å². The fraction of sp³-hybridized carbons (Fsp3) is 0.381. The summed E-state index contributed by atoms with van der Waals surface area (Å²) in [6, 6.07) is 12.0. The summed E-state index contributed by atoms with van der Waals surface area (Å²) in [7, 11) is 3.19. The summed E-state index contributed by atoms with van der Waals surface area (Å²) in [5.74, 6) is 1.25. The molecular weight excluding hydrogens is 364 g/mol. The highest BCUT2D eigenvalue weighted by Gasteiger charge is 2.30. The monoisotopic (exact) mass is 390 g/mol. The molecule has 6 heteroatoms. The summed E-state index contributed by atoms with van der Waals surface area (Å²) in [5.41, 5.74) is 3.97. The minimum Gasteiger partial charge on any atom is -0.493 e. The third-order valence-electron chi connectivity index (χ3n) is 5.03. The van der Waals surface area contributed by atoms with Gasteiger partial charge in [-0.25, -0.2) is 0 Å². The van der Waals surface area contributed by atoms with Crippen molar-refractivity contribution in [1.82, 2.24) is 10.6 Å². The molecule has 2 aromatic rings. The van der Waals surface area contributed by atoms with Crippen molar-refractivity contribution in [2.24, 2.45) is 0 Å². The standard InChI is InChI=1S/C21H26N2O3.ClH/c1-21(2,17-7-8-18(25-3)19(10-17)26-4)20(24)23-11-14-5-6-15-12-22-13-16(15)9-14;/h5-10,22H,11-13H2,1-4H3,(H,23,24);1H. The van der Waals surface area contributed by atoms with Crippen molar-refractivity contribution in [2.75, 3.05) is 14.2 Å². The highest BCUT2D eigenvalue weighted by molar-refractivity contribution is 5.87. The predicted molar refractivity (Wildman–Crippen MR) is 109 cm³/mol. The van der Waals surface area contributed by atoms with Gasteiger partial charge in [-0.1, -0.05) is 24.3 Å². The van der Waals surface area contributed by atoms with Gasteiger partial charge in [-0.3, -0.25) is 4.79 Å². The number of carbonyl (C=O) groups is 1. The lowest BCUT2D eigenvalue weighted by Crippen LogP contribution is -2.39. The van der Waals surface area contributed by atoms with Crippen LogP contribution in [0.25, 0.3) is 0 Å². The molecule has 2 N–H and O–H groups in total. The Hall–Kier alpha value is -2.24. The zero-order valence-electron chi connectivity index (χ0n) is 16.2. The van der Waals surface area contributed by atoms with Crippen LogP contribution in [-0.2, 0) is 29.8 Å². The molecule has 1 aliphatic rings. The number of ether oxygens (including phenoxy) is 2. The lowest BCUT2D eigenvalue weighted by atomic mass is 9.83. The van der Waals surface area contributed by atoms with Crippen molar-refractivity contribution in [1.29, 1.82) is 0 Å². The molecule has 0 aliphatic carbocycles. The second kappa shape index (κ2) is 8.63. The van der Waals surface area contributed by atoms with E-state index in [1.165, 1.54) is 11.1 Å². The first-order chi connectivity index (χ1) is 12.5. The quantitative estimate of drug-likeness (QED) is 0.794. The van der Waals surface area contributed by atoms with E-state index in [0.29, 0.717) is 18.0 Å². The number of halogens is 1. The normalized spacial score (nSPS) is 12.7. The van der Waals surface area contributed by atoms with Crippen LogP contribution < -0.4 is 20.1 Å². The third-order valence-corrected chi connectivity index (χ3v) is 5.03. The van der Waals surface area contributed by atoms with Crippen molar-refractivity contribution in [3.63, 3.8) is 0 Å². The molecule has 1 heterocycles. The average molecular weight is 391 g/mol. The third kappa shape index (κ3) is 4.37. The van der Waals surface area contributed by atoms with Crippen molar-refractivity contribution in [3.8, 4) is 11.5 Å². The van der Waals surface area contributed by atoms with Gasteiger partial charge in [-0.15, -0.1) is 12.4 Å². The SMILES string of the molecule is COc1ccc(C(C)(C)C(=O)NCc2ccc3c(c2)CNC3)cc1OC.Cl. The number of hydrogen-bond donors (Lipinski definition) is 2. The van der Waals surface area contributed by atoms with Crippen LogP contribution in [0.2, 0.25) is 0 Å². The smallest absolute Gasteiger partial charge is 0.230 e. The number of benzene rings is 2. The Morgan fingerprint density at radius 3 is 2.44 bits per heavy atom. The second-order valence-corrected chi connectivity index (χ2v) is 7.08. The number of fused-ring (bicyclic) bond motifs is 1. The number of nitrogens with one attached hydrogen (secondary N) is 2. The minimum atomic E-state index is -0.683. The molecule has 2 aromatic carbocycles. The average Bonchev–Trinajstić information content (AvgIpc) is 3.13. The van der Waals surface area contributed by atoms with E-state index in [9.17, 15) is 4.79 Å². The number of hydrogen-bond acceptors (Lipinski definition) is 4. The number of amides is 1. The molecule has 0 bridgehead atoms. The first kappa shape index (κ1) is 21.1. The summed E-state index contributed by atoms with van der Waals surface area (Å²) >= 11 is 0. The number of rotatable bonds is 6. The van der Waals surface area contributed by atoms with Crippen LogP contribution in [0.4, 0.5) is 0 Å². The van der Waals surface area contributed by atoms with E-state index in [2.05, 4.69) is 28.8 Å². The molecule has 3 rings (SSSR count). The van der Waals surface area contributed by atoms with E-state index < -0.39 is 5.41 Å². The Morgan fingerprint density at radius 1 is 1.04 bits per heavy atom. The Kier molecular flexibility index (Phi) is 6.73. The molecule has 0 saturated heterocycles. The van der Waals surface area contributed by atoms with E-state index in [1.807, 2.05) is 32.0 Å². The van der Waals surface area contributed by atoms with Gasteiger partial charge in [0.2, 0.25) is 5.91 Å². The molecule has 0 atom stereocenters. The van der Waals surface area contributed by atoms with Crippen molar-refractivity contribution in [3.05, 3.63) is 58.7 Å². The largest absolute Gasteiger partial charge is 0.493 e. The fourth-order valence-corrected chi connectivity index (χ4v) is 3.22. The number of methoxy groups -OCH3 is 2. The Morgan fingerprint density at radius 2 is 1.74 bits per heavy atom. The summed E-state index contributed by atoms with van der Waals surface area (Å²) in [5, 5.41) is 6.40. The molecule has 0 fully saturated rings. The topological polar surface area (TPSA) is 59.6 Å². The maximum absolute atomic E-state index is 12.8. The zero-order valence-corrected chi connectivity index (χ0v) is 17.0. The molecule has 27 heavy (non-hydrogen) atoms. The fourth-order valence-electron chi connectivity index (χ4n) is 3.22. The molecule has 0 spiro atoms. The van der Waals surface area contributed by atoms with Gasteiger partial charge in [-0.2, -0.15) is 0 Å². The second-order valence-electron chi connectivity index (χ2n) is 7.08. The van der Waals surface area contributed by atoms with Crippen LogP contribution in [0.3, 0.4) is 0 Å². The maximum atomic E-state index is 12.8. The van der Waals surface area contributed by atoms with E-state index in [1.54, 1.807) is 14.2 Å². The summed E-state index contributed by atoms with van der Waals surface area (Å²) in [4.78, 5) is 12.8. The first-order valence-electron chi connectivity index (χ1n) is 8.78. The van der Waals surface area contributed by atoms with Crippen LogP contribution in [-0.4, -0.2) is 20.1 Å². The van der Waals surface area contributed by atoms with Gasteiger partial charge in [-0.05, 0) is 48.2 Å². The van der Waals surface area contributed by atoms with E-state index in [4.69, 9.17) is 9.47 Å². The summed E-state index contributed by atoms with van der Waals surface area (Å²) < 4.78 is 10.6. The van der Waals surface area contributed by atoms with Gasteiger partial charge in [0.1, 0.15) is 0 Å². The Balaban J connectivity index is 0.00000261. The predicted octanol–water partition coefficient (Wildman–Crippen LogP) is 3.32. The maximum Gasteiger partial charge on any atom is 0.230 e. The molecule has 0 saturated carbocycles. The highest BCUT2D eigenvalue weighted by atomic mass is 35.5. The summed E-state index contributed by atoms with van der Waals surface area (Å²) in [6.07, 6.45) is 0. The lowest BCUT2D eigenvalue weighted by molar-refractivity contribution is -0.125. The van der Waals surface area contributed by atoms with Crippen LogP contribution in [0.5, 0.6) is 11.5 Å². The Labute approximate surface area is 166 Å². The Bertz CT molecular complexity index is 821. The van der Waals surface area contributed by atoms with Gasteiger partial charge in [0.25, 0.3) is 0 Å². The van der Waals surface area contributed by atoms with E-state index >= 15 is 0 Å². The van der Waals surface area contributed by atoms with Gasteiger partial charge in [0.05, 0.1) is 19.6 Å². The molecule has 0 unspecified atom stereocenters. The van der Waals surface area contributed by atoms with Crippen molar-refractivity contribution in [2.45, 2.75) is 38.9 Å². The molecule has 0 aromatic heterocycles. The molecule has 1 amide bonds. The van der Waals surface area contributed by atoms with Gasteiger partial charge in [0.15, 0.2) is 11.5 Å². The molecule has 5 nitrogen and oxygen atoms in total. The van der Waals surface area contributed by atoms with Crippen molar-refractivity contribution < 1.29 is 14.3 Å². The molecular formula is C21H27ClN2O3. The van der Waals surface area contributed by atoms with Gasteiger partial charge >= 0.3 is 0 Å². The van der Waals surface area contributed by atoms with Crippen LogP contribution in [0.1, 0.15) is 36.1 Å². The lowest BCUT2D eigenvalue weighted by Gasteiger charge is -2.25. The summed E-state index contributed by atoms with van der Waals surface area (Å²) in [6.45, 7) is 6.16. The highest BCUT2D eigenvalue weighted by Crippen LogP contribution is 2.33. The zero-order chi connectivity index (χ0) is 18.7. The van der Waals surface area contributed by atoms with Crippen molar-refractivity contribution >= 4 is 18.3 Å². The first-order valence-corrected chi connectivity index (χ1v) is 8.78. The number of carbonyl (C=O) groups excluding carboxylic acids is 1. The van der Waals surface area contributed by atoms with Crippen LogP contribution in [0.15, 0.2) is 36.4 Å². The molecule has 0 radical (unpaired) electrons. The van der Waals surface area contributed by atoms with Crippen LogP contribution >= 0.6 is 12.4 Å². The molecule has 1 aliphatic heterocycles. The van der Waals surface area contributed by atoms with Crippen LogP contribution in [0, 0.1) is 0 Å². The minimum absolute atomic E-state index is 0.